The van der Waals surface area contributed by atoms with Crippen molar-refractivity contribution < 1.29 is 9.15 Å². The molecule has 1 atom stereocenters. The van der Waals surface area contributed by atoms with Gasteiger partial charge in [-0.1, -0.05) is 36.4 Å². The molecule has 1 unspecified atom stereocenters. The van der Waals surface area contributed by atoms with Crippen LogP contribution in [0.15, 0.2) is 77.7 Å². The fourth-order valence-corrected chi connectivity index (χ4v) is 2.91. The van der Waals surface area contributed by atoms with Crippen molar-refractivity contribution in [1.29, 1.82) is 0 Å². The van der Waals surface area contributed by atoms with Gasteiger partial charge in [0, 0.05) is 23.3 Å². The maximum absolute atomic E-state index is 6.10. The van der Waals surface area contributed by atoms with Crippen molar-refractivity contribution in [3.8, 4) is 5.75 Å². The number of hydrogen-bond donors (Lipinski definition) is 0. The van der Waals surface area contributed by atoms with E-state index in [1.165, 1.54) is 0 Å². The first kappa shape index (κ1) is 16.1. The number of hydrogen-bond acceptors (Lipinski definition) is 3. The van der Waals surface area contributed by atoms with E-state index in [0.717, 1.165) is 28.0 Å². The SMILES string of the molecule is COc1ccccc1C(c1cc2ccccc2o1)n1ccnc1.Cl. The van der Waals surface area contributed by atoms with Gasteiger partial charge < -0.3 is 13.7 Å². The molecule has 0 radical (unpaired) electrons. The van der Waals surface area contributed by atoms with E-state index >= 15 is 0 Å². The molecule has 24 heavy (non-hydrogen) atoms. The molecule has 0 aliphatic carbocycles. The fourth-order valence-electron chi connectivity index (χ4n) is 2.91. The van der Waals surface area contributed by atoms with Crippen molar-refractivity contribution in [2.75, 3.05) is 7.11 Å². The number of methoxy groups -OCH3 is 1. The molecule has 2 aromatic heterocycles. The number of benzene rings is 2. The number of ether oxygens (including phenoxy) is 1. The molecule has 0 saturated heterocycles. The van der Waals surface area contributed by atoms with Crippen LogP contribution in [0.25, 0.3) is 11.0 Å². The standard InChI is InChI=1S/C19H16N2O2.ClH/c1-22-17-9-5-3-7-15(17)19(21-11-10-20-13-21)18-12-14-6-2-4-8-16(14)23-18;/h2-13,19H,1H3;1H. The van der Waals surface area contributed by atoms with Crippen molar-refractivity contribution in [2.24, 2.45) is 0 Å². The molecule has 4 rings (SSSR count). The summed E-state index contributed by atoms with van der Waals surface area (Å²) in [5, 5.41) is 1.09. The van der Waals surface area contributed by atoms with Gasteiger partial charge in [-0.15, -0.1) is 12.4 Å². The van der Waals surface area contributed by atoms with Crippen LogP contribution in [0, 0.1) is 0 Å². The van der Waals surface area contributed by atoms with Gasteiger partial charge >= 0.3 is 0 Å². The quantitative estimate of drug-likeness (QED) is 0.540. The normalized spacial score (nSPS) is 11.9. The van der Waals surface area contributed by atoms with E-state index in [-0.39, 0.29) is 18.4 Å². The van der Waals surface area contributed by atoms with Gasteiger partial charge in [0.25, 0.3) is 0 Å². The second-order valence-electron chi connectivity index (χ2n) is 5.34. The van der Waals surface area contributed by atoms with Crippen molar-refractivity contribution in [1.82, 2.24) is 9.55 Å². The zero-order chi connectivity index (χ0) is 15.6. The summed E-state index contributed by atoms with van der Waals surface area (Å²) in [5.41, 5.74) is 1.91. The molecular formula is C19H17ClN2O2. The van der Waals surface area contributed by atoms with Gasteiger partial charge in [-0.25, -0.2) is 4.98 Å². The predicted molar refractivity (Wildman–Crippen MR) is 95.9 cm³/mol. The van der Waals surface area contributed by atoms with E-state index in [1.807, 2.05) is 47.2 Å². The van der Waals surface area contributed by atoms with Gasteiger partial charge in [0.05, 0.1) is 13.4 Å². The van der Waals surface area contributed by atoms with E-state index in [2.05, 4.69) is 23.2 Å². The number of para-hydroxylation sites is 2. The van der Waals surface area contributed by atoms with E-state index < -0.39 is 0 Å². The van der Waals surface area contributed by atoms with Crippen LogP contribution in [0.5, 0.6) is 5.75 Å². The Morgan fingerprint density at radius 2 is 1.88 bits per heavy atom. The minimum Gasteiger partial charge on any atom is -0.496 e. The number of halogens is 1. The number of furan rings is 1. The highest BCUT2D eigenvalue weighted by atomic mass is 35.5. The highest BCUT2D eigenvalue weighted by Gasteiger charge is 2.23. The molecular weight excluding hydrogens is 324 g/mol. The molecule has 4 nitrogen and oxygen atoms in total. The largest absolute Gasteiger partial charge is 0.496 e. The lowest BCUT2D eigenvalue weighted by Gasteiger charge is -2.19. The van der Waals surface area contributed by atoms with Crippen LogP contribution in [0.4, 0.5) is 0 Å². The molecule has 2 aromatic carbocycles. The summed E-state index contributed by atoms with van der Waals surface area (Å²) in [5.74, 6) is 1.68. The zero-order valence-corrected chi connectivity index (χ0v) is 13.9. The van der Waals surface area contributed by atoms with Crippen LogP contribution >= 0.6 is 12.4 Å². The first-order valence-corrected chi connectivity index (χ1v) is 7.45. The molecule has 0 fully saturated rings. The summed E-state index contributed by atoms with van der Waals surface area (Å²) < 4.78 is 13.7. The summed E-state index contributed by atoms with van der Waals surface area (Å²) in [7, 11) is 1.68. The molecule has 0 N–H and O–H groups in total. The molecule has 4 aromatic rings. The van der Waals surface area contributed by atoms with Gasteiger partial charge in [0.2, 0.25) is 0 Å². The van der Waals surface area contributed by atoms with Crippen molar-refractivity contribution in [3.05, 3.63) is 84.6 Å². The summed E-state index contributed by atoms with van der Waals surface area (Å²) in [6.45, 7) is 0. The zero-order valence-electron chi connectivity index (χ0n) is 13.1. The Balaban J connectivity index is 0.00000169. The summed E-state index contributed by atoms with van der Waals surface area (Å²) in [6, 6.07) is 18.0. The molecule has 0 spiro atoms. The van der Waals surface area contributed by atoms with Crippen molar-refractivity contribution >= 4 is 23.4 Å². The van der Waals surface area contributed by atoms with Gasteiger partial charge in [0.15, 0.2) is 0 Å². The Bertz CT molecular complexity index is 898. The van der Waals surface area contributed by atoms with E-state index in [1.54, 1.807) is 19.6 Å². The smallest absolute Gasteiger partial charge is 0.134 e. The van der Waals surface area contributed by atoms with E-state index in [0.29, 0.717) is 0 Å². The molecule has 0 aliphatic rings. The Labute approximate surface area is 146 Å². The van der Waals surface area contributed by atoms with Gasteiger partial charge in [0.1, 0.15) is 23.1 Å². The average Bonchev–Trinajstić information content (AvgIpc) is 3.25. The third-order valence-electron chi connectivity index (χ3n) is 3.97. The first-order chi connectivity index (χ1) is 11.4. The monoisotopic (exact) mass is 340 g/mol. The van der Waals surface area contributed by atoms with Gasteiger partial charge in [-0.3, -0.25) is 0 Å². The molecule has 0 saturated carbocycles. The molecule has 0 aliphatic heterocycles. The third kappa shape index (κ3) is 2.76. The van der Waals surface area contributed by atoms with Crippen LogP contribution < -0.4 is 4.74 Å². The minimum atomic E-state index is -0.124. The summed E-state index contributed by atoms with van der Waals surface area (Å²) in [4.78, 5) is 4.18. The van der Waals surface area contributed by atoms with E-state index in [4.69, 9.17) is 9.15 Å². The lowest BCUT2D eigenvalue weighted by Crippen LogP contribution is -2.11. The number of imidazole rings is 1. The Morgan fingerprint density at radius 1 is 1.08 bits per heavy atom. The topological polar surface area (TPSA) is 40.2 Å². The van der Waals surface area contributed by atoms with Crippen molar-refractivity contribution in [3.63, 3.8) is 0 Å². The van der Waals surface area contributed by atoms with Crippen LogP contribution in [0.1, 0.15) is 17.4 Å². The lowest BCUT2D eigenvalue weighted by atomic mass is 10.0. The molecule has 122 valence electrons. The maximum atomic E-state index is 6.10. The molecule has 5 heteroatoms. The highest BCUT2D eigenvalue weighted by molar-refractivity contribution is 5.85. The second kappa shape index (κ2) is 6.81. The third-order valence-corrected chi connectivity index (χ3v) is 3.97. The van der Waals surface area contributed by atoms with Gasteiger partial charge in [-0.05, 0) is 18.2 Å². The number of aromatic nitrogens is 2. The predicted octanol–water partition coefficient (Wildman–Crippen LogP) is 4.70. The second-order valence-corrected chi connectivity index (χ2v) is 5.34. The highest BCUT2D eigenvalue weighted by Crippen LogP contribution is 2.35. The molecule has 0 bridgehead atoms. The Kier molecular flexibility index (Phi) is 4.58. The van der Waals surface area contributed by atoms with Crippen LogP contribution in [0.2, 0.25) is 0 Å². The number of nitrogens with zero attached hydrogens (tertiary/aromatic N) is 2. The van der Waals surface area contributed by atoms with Crippen LogP contribution in [-0.2, 0) is 0 Å². The number of fused-ring (bicyclic) bond motifs is 1. The average molecular weight is 341 g/mol. The van der Waals surface area contributed by atoms with Crippen LogP contribution in [0.3, 0.4) is 0 Å². The maximum Gasteiger partial charge on any atom is 0.134 e. The minimum absolute atomic E-state index is 0. The summed E-state index contributed by atoms with van der Waals surface area (Å²) >= 11 is 0. The Morgan fingerprint density at radius 3 is 2.62 bits per heavy atom. The fraction of sp³-hybridized carbons (Fsp3) is 0.105. The lowest BCUT2D eigenvalue weighted by molar-refractivity contribution is 0.398. The molecule has 2 heterocycles. The van der Waals surface area contributed by atoms with E-state index in [9.17, 15) is 0 Å². The number of rotatable bonds is 4. The van der Waals surface area contributed by atoms with Crippen LogP contribution in [-0.4, -0.2) is 16.7 Å². The molecule has 0 amide bonds. The Hall–Kier alpha value is -2.72. The van der Waals surface area contributed by atoms with Crippen molar-refractivity contribution in [2.45, 2.75) is 6.04 Å². The first-order valence-electron chi connectivity index (χ1n) is 7.45. The summed E-state index contributed by atoms with van der Waals surface area (Å²) in [6.07, 6.45) is 5.50. The van der Waals surface area contributed by atoms with Gasteiger partial charge in [-0.2, -0.15) is 0 Å².